The predicted octanol–water partition coefficient (Wildman–Crippen LogP) is 5.33. The number of Topliss-reactive ketones (excluding diaryl/α,β-unsaturated/α-hetero) is 1. The molecule has 1 unspecified atom stereocenters. The van der Waals surface area contributed by atoms with Crippen LogP contribution in [0.1, 0.15) is 22.7 Å². The second-order valence-electron chi connectivity index (χ2n) is 9.42. The fraction of sp³-hybridized carbons (Fsp3) is 0.267. The van der Waals surface area contributed by atoms with Crippen molar-refractivity contribution in [3.05, 3.63) is 105 Å². The van der Waals surface area contributed by atoms with Gasteiger partial charge in [0.25, 0.3) is 11.7 Å². The number of nitrogens with zero attached hydrogens (tertiary/aromatic N) is 2. The van der Waals surface area contributed by atoms with Gasteiger partial charge >= 0.3 is 0 Å². The van der Waals surface area contributed by atoms with E-state index < -0.39 is 17.7 Å². The summed E-state index contributed by atoms with van der Waals surface area (Å²) in [5, 5.41) is 12.0. The van der Waals surface area contributed by atoms with Crippen LogP contribution < -0.4 is 4.74 Å². The lowest BCUT2D eigenvalue weighted by Crippen LogP contribution is -2.42. The number of carbonyl (C=O) groups is 2. The van der Waals surface area contributed by atoms with Gasteiger partial charge in [-0.1, -0.05) is 59.6 Å². The highest BCUT2D eigenvalue weighted by Gasteiger charge is 2.46. The molecule has 2 heterocycles. The zero-order valence-corrected chi connectivity index (χ0v) is 22.7. The molecule has 0 spiro atoms. The van der Waals surface area contributed by atoms with Crippen LogP contribution in [0.15, 0.2) is 78.4 Å². The van der Waals surface area contributed by atoms with Gasteiger partial charge < -0.3 is 19.5 Å². The van der Waals surface area contributed by atoms with Crippen LogP contribution >= 0.6 is 23.2 Å². The lowest BCUT2D eigenvalue weighted by atomic mass is 9.95. The molecule has 0 aliphatic carbocycles. The highest BCUT2D eigenvalue weighted by Crippen LogP contribution is 2.41. The summed E-state index contributed by atoms with van der Waals surface area (Å²) in [6.45, 7) is 4.03. The summed E-state index contributed by atoms with van der Waals surface area (Å²) in [5.41, 5.74) is 2.04. The smallest absolute Gasteiger partial charge is 0.295 e. The average Bonchev–Trinajstić information content (AvgIpc) is 3.22. The Hall–Kier alpha value is -3.36. The molecule has 0 bridgehead atoms. The Labute approximate surface area is 237 Å². The Morgan fingerprint density at radius 3 is 2.33 bits per heavy atom. The fourth-order valence-corrected chi connectivity index (χ4v) is 5.13. The number of amides is 1. The highest BCUT2D eigenvalue weighted by atomic mass is 35.5. The zero-order valence-electron chi connectivity index (χ0n) is 21.2. The maximum absolute atomic E-state index is 13.3. The molecule has 1 N–H and O–H groups in total. The first-order valence-corrected chi connectivity index (χ1v) is 13.5. The molecule has 0 saturated carbocycles. The van der Waals surface area contributed by atoms with E-state index in [9.17, 15) is 14.7 Å². The Morgan fingerprint density at radius 2 is 1.64 bits per heavy atom. The molecule has 1 atom stereocenters. The molecule has 39 heavy (non-hydrogen) atoms. The van der Waals surface area contributed by atoms with E-state index in [-0.39, 0.29) is 11.3 Å². The molecular weight excluding hydrogens is 539 g/mol. The third kappa shape index (κ3) is 6.12. The topological polar surface area (TPSA) is 79.3 Å². The van der Waals surface area contributed by atoms with Crippen LogP contribution in [-0.4, -0.2) is 66.0 Å². The minimum atomic E-state index is -0.810. The van der Waals surface area contributed by atoms with Gasteiger partial charge in [0.1, 0.15) is 18.1 Å². The number of likely N-dealkylation sites (tertiary alicyclic amines) is 1. The number of benzene rings is 3. The Bertz CT molecular complexity index is 1370. The van der Waals surface area contributed by atoms with Crippen molar-refractivity contribution in [2.75, 3.05) is 39.4 Å². The van der Waals surface area contributed by atoms with Crippen molar-refractivity contribution >= 4 is 40.7 Å². The zero-order chi connectivity index (χ0) is 27.4. The molecule has 3 aromatic carbocycles. The van der Waals surface area contributed by atoms with Crippen molar-refractivity contribution in [2.24, 2.45) is 0 Å². The minimum absolute atomic E-state index is 0.0123. The van der Waals surface area contributed by atoms with E-state index in [4.69, 9.17) is 32.7 Å². The summed E-state index contributed by atoms with van der Waals surface area (Å²) < 4.78 is 11.3. The standard InChI is InChI=1S/C30H28Cl2N2O5/c31-24-11-8-22(18-25(24)32)27-26(29(36)30(37)34(27)13-12-33-14-16-38-17-15-33)28(35)21-6-9-23(10-7-21)39-19-20-4-2-1-3-5-20/h1-11,18,27,35H,12-17,19H2/b28-26+. The van der Waals surface area contributed by atoms with Crippen molar-refractivity contribution in [1.29, 1.82) is 0 Å². The van der Waals surface area contributed by atoms with Crippen LogP contribution in [0.25, 0.3) is 5.76 Å². The summed E-state index contributed by atoms with van der Waals surface area (Å²) in [6.07, 6.45) is 0. The minimum Gasteiger partial charge on any atom is -0.507 e. The first-order valence-electron chi connectivity index (χ1n) is 12.7. The van der Waals surface area contributed by atoms with Crippen molar-refractivity contribution in [2.45, 2.75) is 12.6 Å². The first kappa shape index (κ1) is 27.2. The van der Waals surface area contributed by atoms with E-state index in [1.54, 1.807) is 42.5 Å². The molecule has 0 radical (unpaired) electrons. The SMILES string of the molecule is O=C1C(=O)N(CCN2CCOCC2)C(c2ccc(Cl)c(Cl)c2)/C1=C(\O)c1ccc(OCc2ccccc2)cc1. The lowest BCUT2D eigenvalue weighted by Gasteiger charge is -2.31. The second-order valence-corrected chi connectivity index (χ2v) is 10.2. The summed E-state index contributed by atoms with van der Waals surface area (Å²) in [4.78, 5) is 30.2. The summed E-state index contributed by atoms with van der Waals surface area (Å²) in [7, 11) is 0. The molecule has 2 aliphatic heterocycles. The monoisotopic (exact) mass is 566 g/mol. The highest BCUT2D eigenvalue weighted by molar-refractivity contribution is 6.46. The Kier molecular flexibility index (Phi) is 8.53. The quantitative estimate of drug-likeness (QED) is 0.225. The van der Waals surface area contributed by atoms with Gasteiger partial charge in [0.2, 0.25) is 0 Å². The van der Waals surface area contributed by atoms with Gasteiger partial charge in [-0.3, -0.25) is 14.5 Å². The molecule has 7 nitrogen and oxygen atoms in total. The molecule has 202 valence electrons. The normalized spacial score (nSPS) is 19.4. The summed E-state index contributed by atoms with van der Waals surface area (Å²) >= 11 is 12.5. The molecule has 3 aromatic rings. The van der Waals surface area contributed by atoms with E-state index in [2.05, 4.69) is 4.90 Å². The molecule has 2 fully saturated rings. The van der Waals surface area contributed by atoms with Crippen LogP contribution in [0.5, 0.6) is 5.75 Å². The van der Waals surface area contributed by atoms with Gasteiger partial charge in [-0.05, 0) is 47.5 Å². The third-order valence-electron chi connectivity index (χ3n) is 6.94. The van der Waals surface area contributed by atoms with Gasteiger partial charge in [-0.25, -0.2) is 0 Å². The van der Waals surface area contributed by atoms with Crippen LogP contribution in [0.2, 0.25) is 10.0 Å². The molecule has 0 aromatic heterocycles. The summed E-state index contributed by atoms with van der Waals surface area (Å²) in [6, 6.07) is 20.7. The van der Waals surface area contributed by atoms with Crippen molar-refractivity contribution in [3.63, 3.8) is 0 Å². The number of halogens is 2. The van der Waals surface area contributed by atoms with Crippen LogP contribution in [0.3, 0.4) is 0 Å². The van der Waals surface area contributed by atoms with Gasteiger partial charge in [0.15, 0.2) is 0 Å². The van der Waals surface area contributed by atoms with Crippen molar-refractivity contribution < 1.29 is 24.2 Å². The largest absolute Gasteiger partial charge is 0.507 e. The number of aliphatic hydroxyl groups is 1. The number of hydrogen-bond donors (Lipinski definition) is 1. The van der Waals surface area contributed by atoms with Crippen LogP contribution in [0.4, 0.5) is 0 Å². The molecule has 2 saturated heterocycles. The van der Waals surface area contributed by atoms with Gasteiger partial charge in [-0.15, -0.1) is 0 Å². The number of hydrogen-bond acceptors (Lipinski definition) is 6. The molecular formula is C30H28Cl2N2O5. The molecule has 9 heteroatoms. The fourth-order valence-electron chi connectivity index (χ4n) is 4.82. The maximum atomic E-state index is 13.3. The number of rotatable bonds is 8. The Morgan fingerprint density at radius 1 is 0.923 bits per heavy atom. The molecule has 5 rings (SSSR count). The second kappa shape index (κ2) is 12.2. The predicted molar refractivity (Wildman–Crippen MR) is 150 cm³/mol. The van der Waals surface area contributed by atoms with E-state index in [0.29, 0.717) is 59.8 Å². The van der Waals surface area contributed by atoms with E-state index in [0.717, 1.165) is 18.7 Å². The van der Waals surface area contributed by atoms with E-state index >= 15 is 0 Å². The number of aliphatic hydroxyl groups excluding tert-OH is 1. The lowest BCUT2D eigenvalue weighted by molar-refractivity contribution is -0.140. The van der Waals surface area contributed by atoms with E-state index in [1.807, 2.05) is 30.3 Å². The maximum Gasteiger partial charge on any atom is 0.295 e. The Balaban J connectivity index is 1.44. The van der Waals surface area contributed by atoms with Crippen LogP contribution in [0, 0.1) is 0 Å². The molecule has 2 aliphatic rings. The number of ketones is 1. The van der Waals surface area contributed by atoms with Crippen molar-refractivity contribution in [1.82, 2.24) is 9.80 Å². The van der Waals surface area contributed by atoms with Gasteiger partial charge in [-0.2, -0.15) is 0 Å². The molecule has 1 amide bonds. The number of ether oxygens (including phenoxy) is 2. The number of carbonyl (C=O) groups excluding carboxylic acids is 2. The van der Waals surface area contributed by atoms with Crippen molar-refractivity contribution in [3.8, 4) is 5.75 Å². The third-order valence-corrected chi connectivity index (χ3v) is 7.68. The van der Waals surface area contributed by atoms with E-state index in [1.165, 1.54) is 4.90 Å². The average molecular weight is 567 g/mol. The van der Waals surface area contributed by atoms with Crippen LogP contribution in [-0.2, 0) is 20.9 Å². The summed E-state index contributed by atoms with van der Waals surface area (Å²) in [5.74, 6) is -1.05. The number of morpholine rings is 1. The van der Waals surface area contributed by atoms with Gasteiger partial charge in [0, 0.05) is 31.7 Å². The van der Waals surface area contributed by atoms with Gasteiger partial charge in [0.05, 0.1) is 34.9 Å². The first-order chi connectivity index (χ1) is 18.9.